The Morgan fingerprint density at radius 3 is 2.47 bits per heavy atom. The number of hydrogen-bond acceptors (Lipinski definition) is 6. The smallest absolute Gasteiger partial charge is 0.268 e. The fourth-order valence-electron chi connectivity index (χ4n) is 3.89. The van der Waals surface area contributed by atoms with E-state index in [0.717, 1.165) is 43.3 Å². The van der Waals surface area contributed by atoms with Crippen LogP contribution < -0.4 is 19.3 Å². The second-order valence-electron chi connectivity index (χ2n) is 8.16. The summed E-state index contributed by atoms with van der Waals surface area (Å²) < 4.78 is 11.8. The van der Waals surface area contributed by atoms with Gasteiger partial charge in [-0.25, -0.2) is 4.98 Å². The lowest BCUT2D eigenvalue weighted by atomic mass is 10.2. The summed E-state index contributed by atoms with van der Waals surface area (Å²) in [6.45, 7) is 8.47. The first-order chi connectivity index (χ1) is 14.5. The first kappa shape index (κ1) is 20.5. The third kappa shape index (κ3) is 4.51. The molecular weight excluding hydrogens is 380 g/mol. The summed E-state index contributed by atoms with van der Waals surface area (Å²) in [6.07, 6.45) is 1.97. The van der Waals surface area contributed by atoms with Crippen molar-refractivity contribution in [3.8, 4) is 11.6 Å². The summed E-state index contributed by atoms with van der Waals surface area (Å²) in [7, 11) is 2.13. The summed E-state index contributed by atoms with van der Waals surface area (Å²) in [4.78, 5) is 23.8. The van der Waals surface area contributed by atoms with E-state index < -0.39 is 6.10 Å². The summed E-state index contributed by atoms with van der Waals surface area (Å²) >= 11 is 0. The Hall–Kier alpha value is -2.80. The molecule has 7 nitrogen and oxygen atoms in total. The third-order valence-electron chi connectivity index (χ3n) is 5.53. The van der Waals surface area contributed by atoms with E-state index in [1.54, 1.807) is 11.1 Å². The standard InChI is InChI=1S/C23H30N4O3/c1-17(2)29-19-8-6-18(7-9-19)27-12-10-21(23(27)28)30-22-20(5-4-11-24-22)26-15-13-25(3)14-16-26/h4-9,11,17,21H,10,12-16H2,1-3H3. The number of pyridine rings is 1. The van der Waals surface area contributed by atoms with E-state index >= 15 is 0 Å². The van der Waals surface area contributed by atoms with Crippen molar-refractivity contribution in [2.24, 2.45) is 0 Å². The average Bonchev–Trinajstić information content (AvgIpc) is 3.10. The molecule has 30 heavy (non-hydrogen) atoms. The van der Waals surface area contributed by atoms with Crippen LogP contribution >= 0.6 is 0 Å². The minimum absolute atomic E-state index is 0.0255. The van der Waals surface area contributed by atoms with Gasteiger partial charge in [-0.2, -0.15) is 0 Å². The molecule has 0 bridgehead atoms. The number of aromatic nitrogens is 1. The first-order valence-electron chi connectivity index (χ1n) is 10.6. The first-order valence-corrected chi connectivity index (χ1v) is 10.6. The van der Waals surface area contributed by atoms with Crippen molar-refractivity contribution >= 4 is 17.3 Å². The zero-order valence-electron chi connectivity index (χ0n) is 18.0. The summed E-state index contributed by atoms with van der Waals surface area (Å²) in [5.41, 5.74) is 1.83. The minimum atomic E-state index is -0.516. The molecule has 2 saturated heterocycles. The number of benzene rings is 1. The Balaban J connectivity index is 1.44. The van der Waals surface area contributed by atoms with Crippen molar-refractivity contribution in [1.29, 1.82) is 0 Å². The lowest BCUT2D eigenvalue weighted by molar-refractivity contribution is -0.123. The van der Waals surface area contributed by atoms with E-state index in [4.69, 9.17) is 9.47 Å². The number of nitrogens with zero attached hydrogens (tertiary/aromatic N) is 4. The van der Waals surface area contributed by atoms with Gasteiger partial charge in [-0.1, -0.05) is 0 Å². The second-order valence-corrected chi connectivity index (χ2v) is 8.16. The van der Waals surface area contributed by atoms with E-state index in [1.165, 1.54) is 0 Å². The molecule has 0 spiro atoms. The molecule has 2 aromatic rings. The van der Waals surface area contributed by atoms with E-state index in [9.17, 15) is 4.79 Å². The minimum Gasteiger partial charge on any atom is -0.491 e. The quantitative estimate of drug-likeness (QED) is 0.730. The van der Waals surface area contributed by atoms with Crippen molar-refractivity contribution in [3.63, 3.8) is 0 Å². The number of carbonyl (C=O) groups excluding carboxylic acids is 1. The lowest BCUT2D eigenvalue weighted by Crippen LogP contribution is -2.44. The topological polar surface area (TPSA) is 58.1 Å². The second kappa shape index (κ2) is 8.92. The number of piperazine rings is 1. The molecule has 1 atom stereocenters. The van der Waals surface area contributed by atoms with Crippen LogP contribution in [0.5, 0.6) is 11.6 Å². The van der Waals surface area contributed by atoms with Crippen molar-refractivity contribution in [1.82, 2.24) is 9.88 Å². The lowest BCUT2D eigenvalue weighted by Gasteiger charge is -2.34. The number of carbonyl (C=O) groups is 1. The maximum Gasteiger partial charge on any atom is 0.268 e. The van der Waals surface area contributed by atoms with Gasteiger partial charge in [0.1, 0.15) is 5.75 Å². The van der Waals surface area contributed by atoms with Gasteiger partial charge in [0.05, 0.1) is 11.8 Å². The highest BCUT2D eigenvalue weighted by atomic mass is 16.5. The highest BCUT2D eigenvalue weighted by Gasteiger charge is 2.35. The van der Waals surface area contributed by atoms with Gasteiger partial charge in [0.15, 0.2) is 6.10 Å². The fourth-order valence-corrected chi connectivity index (χ4v) is 3.89. The summed E-state index contributed by atoms with van der Waals surface area (Å²) in [6, 6.07) is 11.6. The largest absolute Gasteiger partial charge is 0.491 e. The molecule has 0 radical (unpaired) electrons. The number of anilines is 2. The van der Waals surface area contributed by atoms with Crippen molar-refractivity contribution < 1.29 is 14.3 Å². The van der Waals surface area contributed by atoms with Crippen LogP contribution in [-0.4, -0.2) is 67.8 Å². The van der Waals surface area contributed by atoms with Crippen LogP contribution in [-0.2, 0) is 4.79 Å². The molecule has 0 N–H and O–H groups in total. The molecule has 1 unspecified atom stereocenters. The maximum atomic E-state index is 13.0. The van der Waals surface area contributed by atoms with Gasteiger partial charge in [-0.3, -0.25) is 4.79 Å². The SMILES string of the molecule is CC(C)Oc1ccc(N2CCC(Oc3ncccc3N3CCN(C)CC3)C2=O)cc1. The molecule has 2 fully saturated rings. The number of hydrogen-bond donors (Lipinski definition) is 0. The van der Waals surface area contributed by atoms with Crippen LogP contribution in [0, 0.1) is 0 Å². The van der Waals surface area contributed by atoms with Gasteiger partial charge < -0.3 is 24.2 Å². The molecule has 1 aromatic carbocycles. The molecule has 0 aliphatic carbocycles. The molecule has 0 saturated carbocycles. The highest BCUT2D eigenvalue weighted by Crippen LogP contribution is 2.31. The summed E-state index contributed by atoms with van der Waals surface area (Å²) in [5.74, 6) is 1.32. The van der Waals surface area contributed by atoms with E-state index in [2.05, 4.69) is 21.8 Å². The monoisotopic (exact) mass is 410 g/mol. The van der Waals surface area contributed by atoms with E-state index in [-0.39, 0.29) is 12.0 Å². The van der Waals surface area contributed by atoms with Crippen LogP contribution in [0.3, 0.4) is 0 Å². The molecule has 1 amide bonds. The van der Waals surface area contributed by atoms with Crippen molar-refractivity contribution in [2.75, 3.05) is 49.6 Å². The van der Waals surface area contributed by atoms with Crippen LogP contribution in [0.2, 0.25) is 0 Å². The van der Waals surface area contributed by atoms with Gasteiger partial charge in [-0.05, 0) is 57.3 Å². The zero-order chi connectivity index (χ0) is 21.1. The number of amides is 1. The fraction of sp³-hybridized carbons (Fsp3) is 0.478. The summed E-state index contributed by atoms with van der Waals surface area (Å²) in [5, 5.41) is 0. The Bertz CT molecular complexity index is 863. The Morgan fingerprint density at radius 2 is 1.77 bits per heavy atom. The predicted octanol–water partition coefficient (Wildman–Crippen LogP) is 2.80. The van der Waals surface area contributed by atoms with Crippen LogP contribution in [0.1, 0.15) is 20.3 Å². The Kier molecular flexibility index (Phi) is 6.08. The van der Waals surface area contributed by atoms with Gasteiger partial charge >= 0.3 is 0 Å². The van der Waals surface area contributed by atoms with Gasteiger partial charge in [0.2, 0.25) is 5.88 Å². The molecule has 160 valence electrons. The van der Waals surface area contributed by atoms with Crippen molar-refractivity contribution in [2.45, 2.75) is 32.5 Å². The molecule has 2 aliphatic rings. The van der Waals surface area contributed by atoms with Gasteiger partial charge in [-0.15, -0.1) is 0 Å². The van der Waals surface area contributed by atoms with E-state index in [1.807, 2.05) is 50.2 Å². The molecule has 7 heteroatoms. The van der Waals surface area contributed by atoms with Crippen LogP contribution in [0.4, 0.5) is 11.4 Å². The highest BCUT2D eigenvalue weighted by molar-refractivity contribution is 5.99. The molecule has 4 rings (SSSR count). The van der Waals surface area contributed by atoms with Gasteiger partial charge in [0.25, 0.3) is 5.91 Å². The average molecular weight is 411 g/mol. The van der Waals surface area contributed by atoms with E-state index in [0.29, 0.717) is 18.8 Å². The van der Waals surface area contributed by atoms with Crippen LogP contribution in [0.25, 0.3) is 0 Å². The maximum absolute atomic E-state index is 13.0. The number of likely N-dealkylation sites (N-methyl/N-ethyl adjacent to an activating group) is 1. The Morgan fingerprint density at radius 1 is 1.03 bits per heavy atom. The normalized spacial score (nSPS) is 20.1. The molecule has 1 aromatic heterocycles. The molecular formula is C23H30N4O3. The molecule has 3 heterocycles. The van der Waals surface area contributed by atoms with Crippen LogP contribution in [0.15, 0.2) is 42.6 Å². The van der Waals surface area contributed by atoms with Gasteiger partial charge in [0, 0.05) is 51.0 Å². The third-order valence-corrected chi connectivity index (χ3v) is 5.53. The predicted molar refractivity (Wildman–Crippen MR) is 118 cm³/mol. The zero-order valence-corrected chi connectivity index (χ0v) is 18.0. The number of ether oxygens (including phenoxy) is 2. The van der Waals surface area contributed by atoms with Crippen molar-refractivity contribution in [3.05, 3.63) is 42.6 Å². The Labute approximate surface area is 178 Å². The molecule has 2 aliphatic heterocycles. The number of rotatable bonds is 6.